The number of carbonyl (C=O) groups excluding carboxylic acids is 1. The van der Waals surface area contributed by atoms with Gasteiger partial charge in [0.25, 0.3) is 5.91 Å². The van der Waals surface area contributed by atoms with E-state index in [4.69, 9.17) is 0 Å². The second-order valence-electron chi connectivity index (χ2n) is 7.96. The molecule has 2 fully saturated rings. The molecule has 0 radical (unpaired) electrons. The van der Waals surface area contributed by atoms with Gasteiger partial charge in [0.1, 0.15) is 5.82 Å². The molecular weight excluding hydrogens is 336 g/mol. The maximum absolute atomic E-state index is 12.4. The number of fused-ring (bicyclic) bond motifs is 1. The van der Waals surface area contributed by atoms with Crippen LogP contribution in [-0.4, -0.2) is 26.5 Å². The molecule has 5 heteroatoms. The molecule has 0 spiro atoms. The van der Waals surface area contributed by atoms with E-state index in [1.165, 1.54) is 25.7 Å². The molecule has 2 heterocycles. The molecular formula is C22H24N4O. The highest BCUT2D eigenvalue weighted by Gasteiger charge is 2.24. The van der Waals surface area contributed by atoms with Crippen LogP contribution in [0.2, 0.25) is 0 Å². The summed E-state index contributed by atoms with van der Waals surface area (Å²) in [6.07, 6.45) is 9.25. The van der Waals surface area contributed by atoms with Gasteiger partial charge in [-0.1, -0.05) is 18.9 Å². The monoisotopic (exact) mass is 360 g/mol. The van der Waals surface area contributed by atoms with E-state index in [1.807, 2.05) is 18.2 Å². The summed E-state index contributed by atoms with van der Waals surface area (Å²) in [6, 6.07) is 10.5. The van der Waals surface area contributed by atoms with Gasteiger partial charge in [-0.05, 0) is 73.6 Å². The molecule has 1 amide bonds. The molecule has 5 nitrogen and oxygen atoms in total. The van der Waals surface area contributed by atoms with Crippen LogP contribution in [-0.2, 0) is 0 Å². The molecule has 0 saturated heterocycles. The van der Waals surface area contributed by atoms with Gasteiger partial charge < -0.3 is 5.32 Å². The zero-order chi connectivity index (χ0) is 18.4. The van der Waals surface area contributed by atoms with Crippen molar-refractivity contribution in [3.8, 4) is 11.1 Å². The number of aromatic nitrogens is 3. The SMILES string of the molecule is Cc1ccc(C(=O)NC2CC2)cc1-c1ccn2c(C3CCCC3)nnc2c1. The number of benzene rings is 1. The highest BCUT2D eigenvalue weighted by atomic mass is 16.1. The summed E-state index contributed by atoms with van der Waals surface area (Å²) in [5.41, 5.74) is 4.90. The topological polar surface area (TPSA) is 59.3 Å². The first-order chi connectivity index (χ1) is 13.2. The van der Waals surface area contributed by atoms with Gasteiger partial charge in [-0.15, -0.1) is 10.2 Å². The molecule has 3 aromatic rings. The second-order valence-corrected chi connectivity index (χ2v) is 7.96. The van der Waals surface area contributed by atoms with Gasteiger partial charge in [0.15, 0.2) is 5.65 Å². The van der Waals surface area contributed by atoms with Crippen LogP contribution in [0.4, 0.5) is 0 Å². The quantitative estimate of drug-likeness (QED) is 0.756. The molecule has 0 atom stereocenters. The van der Waals surface area contributed by atoms with Gasteiger partial charge >= 0.3 is 0 Å². The van der Waals surface area contributed by atoms with Crippen molar-refractivity contribution >= 4 is 11.6 Å². The van der Waals surface area contributed by atoms with E-state index in [0.717, 1.165) is 46.6 Å². The van der Waals surface area contributed by atoms with Crippen LogP contribution in [0.15, 0.2) is 36.5 Å². The Morgan fingerprint density at radius 1 is 1.07 bits per heavy atom. The number of nitrogens with zero attached hydrogens (tertiary/aromatic N) is 3. The number of nitrogens with one attached hydrogen (secondary N) is 1. The lowest BCUT2D eigenvalue weighted by Crippen LogP contribution is -2.25. The summed E-state index contributed by atoms with van der Waals surface area (Å²) < 4.78 is 2.12. The lowest BCUT2D eigenvalue weighted by atomic mass is 9.98. The van der Waals surface area contributed by atoms with Crippen molar-refractivity contribution in [2.24, 2.45) is 0 Å². The molecule has 1 N–H and O–H groups in total. The number of hydrogen-bond acceptors (Lipinski definition) is 3. The number of aryl methyl sites for hydroxylation is 1. The number of carbonyl (C=O) groups is 1. The van der Waals surface area contributed by atoms with Gasteiger partial charge in [0.2, 0.25) is 0 Å². The lowest BCUT2D eigenvalue weighted by molar-refractivity contribution is 0.0951. The molecule has 0 bridgehead atoms. The predicted octanol–water partition coefficient (Wildman–Crippen LogP) is 4.25. The molecule has 0 unspecified atom stereocenters. The third-order valence-corrected chi connectivity index (χ3v) is 5.88. The largest absolute Gasteiger partial charge is 0.349 e. The van der Waals surface area contributed by atoms with E-state index < -0.39 is 0 Å². The first kappa shape index (κ1) is 16.5. The molecule has 2 aliphatic rings. The molecule has 2 aliphatic carbocycles. The fraction of sp³-hybridized carbons (Fsp3) is 0.409. The zero-order valence-electron chi connectivity index (χ0n) is 15.6. The number of hydrogen-bond donors (Lipinski definition) is 1. The average Bonchev–Trinajstić information content (AvgIpc) is 3.17. The standard InChI is InChI=1S/C22H24N4O/c1-14-6-7-17(22(27)23-18-8-9-18)12-19(14)16-10-11-26-20(13-16)24-25-21(26)15-4-2-3-5-15/h6-7,10-13,15,18H,2-5,8-9H2,1H3,(H,23,27). The Morgan fingerprint density at radius 3 is 2.67 bits per heavy atom. The van der Waals surface area contributed by atoms with Crippen molar-refractivity contribution in [2.45, 2.75) is 57.4 Å². The summed E-state index contributed by atoms with van der Waals surface area (Å²) in [5.74, 6) is 1.64. The summed E-state index contributed by atoms with van der Waals surface area (Å²) >= 11 is 0. The molecule has 1 aromatic carbocycles. The average molecular weight is 360 g/mol. The van der Waals surface area contributed by atoms with Crippen LogP contribution in [0.25, 0.3) is 16.8 Å². The number of rotatable bonds is 4. The maximum atomic E-state index is 12.4. The first-order valence-electron chi connectivity index (χ1n) is 9.95. The predicted molar refractivity (Wildman–Crippen MR) is 105 cm³/mol. The Morgan fingerprint density at radius 2 is 1.89 bits per heavy atom. The van der Waals surface area contributed by atoms with Crippen LogP contribution >= 0.6 is 0 Å². The second kappa shape index (κ2) is 6.48. The van der Waals surface area contributed by atoms with E-state index in [-0.39, 0.29) is 5.91 Å². The Labute approximate surface area is 158 Å². The number of amides is 1. The maximum Gasteiger partial charge on any atom is 0.251 e. The summed E-state index contributed by atoms with van der Waals surface area (Å²) in [4.78, 5) is 12.4. The van der Waals surface area contributed by atoms with E-state index in [1.54, 1.807) is 0 Å². The van der Waals surface area contributed by atoms with Crippen molar-refractivity contribution in [2.75, 3.05) is 0 Å². The zero-order valence-corrected chi connectivity index (χ0v) is 15.6. The van der Waals surface area contributed by atoms with E-state index in [9.17, 15) is 4.79 Å². The minimum Gasteiger partial charge on any atom is -0.349 e. The van der Waals surface area contributed by atoms with Crippen LogP contribution in [0, 0.1) is 6.92 Å². The Hall–Kier alpha value is -2.69. The summed E-state index contributed by atoms with van der Waals surface area (Å²) in [6.45, 7) is 2.08. The van der Waals surface area contributed by atoms with Crippen molar-refractivity contribution in [1.29, 1.82) is 0 Å². The minimum atomic E-state index is 0.0193. The highest BCUT2D eigenvalue weighted by Crippen LogP contribution is 2.34. The van der Waals surface area contributed by atoms with Crippen molar-refractivity contribution in [3.63, 3.8) is 0 Å². The first-order valence-corrected chi connectivity index (χ1v) is 9.95. The van der Waals surface area contributed by atoms with Crippen molar-refractivity contribution in [3.05, 3.63) is 53.5 Å². The van der Waals surface area contributed by atoms with Gasteiger partial charge in [-0.3, -0.25) is 9.20 Å². The van der Waals surface area contributed by atoms with Crippen LogP contribution in [0.1, 0.15) is 66.2 Å². The summed E-state index contributed by atoms with van der Waals surface area (Å²) in [7, 11) is 0. The van der Waals surface area contributed by atoms with Gasteiger partial charge in [0.05, 0.1) is 0 Å². The summed E-state index contributed by atoms with van der Waals surface area (Å²) in [5, 5.41) is 12.0. The van der Waals surface area contributed by atoms with Crippen molar-refractivity contribution < 1.29 is 4.79 Å². The Kier molecular flexibility index (Phi) is 3.96. The van der Waals surface area contributed by atoms with E-state index >= 15 is 0 Å². The molecule has 27 heavy (non-hydrogen) atoms. The lowest BCUT2D eigenvalue weighted by Gasteiger charge is -2.11. The van der Waals surface area contributed by atoms with Crippen LogP contribution < -0.4 is 5.32 Å². The van der Waals surface area contributed by atoms with Gasteiger partial charge in [-0.25, -0.2) is 0 Å². The van der Waals surface area contributed by atoms with Crippen LogP contribution in [0.3, 0.4) is 0 Å². The van der Waals surface area contributed by atoms with Crippen LogP contribution in [0.5, 0.6) is 0 Å². The van der Waals surface area contributed by atoms with E-state index in [2.05, 4.69) is 45.2 Å². The van der Waals surface area contributed by atoms with Gasteiger partial charge in [-0.2, -0.15) is 0 Å². The smallest absolute Gasteiger partial charge is 0.251 e. The fourth-order valence-corrected chi connectivity index (χ4v) is 4.11. The molecule has 2 saturated carbocycles. The fourth-order valence-electron chi connectivity index (χ4n) is 4.11. The van der Waals surface area contributed by atoms with Gasteiger partial charge in [0, 0.05) is 23.7 Å². The minimum absolute atomic E-state index is 0.0193. The molecule has 0 aliphatic heterocycles. The molecule has 5 rings (SSSR count). The molecule has 138 valence electrons. The van der Waals surface area contributed by atoms with Crippen molar-refractivity contribution in [1.82, 2.24) is 19.9 Å². The molecule has 2 aromatic heterocycles. The normalized spacial score (nSPS) is 17.5. The highest BCUT2D eigenvalue weighted by molar-refractivity contribution is 5.96. The third kappa shape index (κ3) is 3.11. The Balaban J connectivity index is 1.50. The van der Waals surface area contributed by atoms with E-state index in [0.29, 0.717) is 12.0 Å². The Bertz CT molecular complexity index is 1010. The number of pyridine rings is 1. The third-order valence-electron chi connectivity index (χ3n) is 5.88.